The van der Waals surface area contributed by atoms with Crippen LogP contribution in [-0.2, 0) is 22.6 Å². The lowest BCUT2D eigenvalue weighted by Crippen LogP contribution is -2.30. The Kier molecular flexibility index (Phi) is 4.94. The molecule has 0 radical (unpaired) electrons. The molecule has 0 bridgehead atoms. The summed E-state index contributed by atoms with van der Waals surface area (Å²) in [5.41, 5.74) is 1.40. The Hall–Kier alpha value is -2.94. The second-order valence-electron chi connectivity index (χ2n) is 5.56. The van der Waals surface area contributed by atoms with Crippen molar-refractivity contribution in [3.05, 3.63) is 51.7 Å². The molecule has 1 aromatic heterocycles. The van der Waals surface area contributed by atoms with E-state index in [0.717, 1.165) is 5.56 Å². The van der Waals surface area contributed by atoms with Crippen molar-refractivity contribution in [1.29, 1.82) is 0 Å². The first-order valence-electron chi connectivity index (χ1n) is 7.70. The Morgan fingerprint density at radius 1 is 1.44 bits per heavy atom. The molecule has 0 amide bonds. The predicted octanol–water partition coefficient (Wildman–Crippen LogP) is 1.95. The van der Waals surface area contributed by atoms with Gasteiger partial charge in [0, 0.05) is 17.9 Å². The topological polar surface area (TPSA) is 106 Å². The van der Waals surface area contributed by atoms with E-state index >= 15 is 0 Å². The van der Waals surface area contributed by atoms with Crippen LogP contribution in [-0.4, -0.2) is 40.3 Å². The van der Waals surface area contributed by atoms with Crippen LogP contribution in [0.5, 0.6) is 6.01 Å². The zero-order chi connectivity index (χ0) is 17.8. The van der Waals surface area contributed by atoms with E-state index in [0.29, 0.717) is 31.7 Å². The zero-order valence-corrected chi connectivity index (χ0v) is 13.6. The zero-order valence-electron chi connectivity index (χ0n) is 13.6. The fourth-order valence-electron chi connectivity index (χ4n) is 2.50. The summed E-state index contributed by atoms with van der Waals surface area (Å²) in [4.78, 5) is 25.4. The first kappa shape index (κ1) is 16.9. The highest BCUT2D eigenvalue weighted by Crippen LogP contribution is 2.24. The molecule has 0 N–H and O–H groups in total. The van der Waals surface area contributed by atoms with Gasteiger partial charge in [-0.1, -0.05) is 12.1 Å². The van der Waals surface area contributed by atoms with E-state index in [1.807, 2.05) is 0 Å². The third-order valence-electron chi connectivity index (χ3n) is 3.83. The van der Waals surface area contributed by atoms with E-state index in [1.165, 1.54) is 13.3 Å². The number of imidazole rings is 1. The quantitative estimate of drug-likeness (QED) is 0.446. The van der Waals surface area contributed by atoms with Gasteiger partial charge >= 0.3 is 17.8 Å². The van der Waals surface area contributed by atoms with Crippen LogP contribution < -0.4 is 4.74 Å². The summed E-state index contributed by atoms with van der Waals surface area (Å²) < 4.78 is 17.5. The van der Waals surface area contributed by atoms with E-state index in [-0.39, 0.29) is 23.9 Å². The summed E-state index contributed by atoms with van der Waals surface area (Å²) in [5, 5.41) is 10.7. The number of benzene rings is 1. The average Bonchev–Trinajstić information content (AvgIpc) is 3.05. The number of nitro groups is 1. The number of ether oxygens (including phenoxy) is 3. The molecule has 0 saturated heterocycles. The second kappa shape index (κ2) is 7.31. The van der Waals surface area contributed by atoms with Gasteiger partial charge in [0.2, 0.25) is 0 Å². The maximum absolute atomic E-state index is 11.4. The largest absolute Gasteiger partial charge is 0.465 e. The lowest BCUT2D eigenvalue weighted by molar-refractivity contribution is -0.389. The smallest absolute Gasteiger partial charge is 0.414 e. The highest BCUT2D eigenvalue weighted by atomic mass is 16.6. The van der Waals surface area contributed by atoms with E-state index in [1.54, 1.807) is 28.8 Å². The van der Waals surface area contributed by atoms with E-state index < -0.39 is 4.92 Å². The van der Waals surface area contributed by atoms with Gasteiger partial charge in [0.1, 0.15) is 12.3 Å². The maximum Gasteiger partial charge on any atom is 0.414 e. The van der Waals surface area contributed by atoms with Crippen molar-refractivity contribution in [2.45, 2.75) is 25.7 Å². The van der Waals surface area contributed by atoms with Gasteiger partial charge in [0.25, 0.3) is 0 Å². The summed E-state index contributed by atoms with van der Waals surface area (Å²) in [6, 6.07) is 7.19. The van der Waals surface area contributed by atoms with Crippen LogP contribution in [0.1, 0.15) is 22.3 Å². The first-order valence-corrected chi connectivity index (χ1v) is 7.70. The summed E-state index contributed by atoms with van der Waals surface area (Å²) in [6.45, 7) is 1.31. The molecule has 1 aliphatic heterocycles. The lowest BCUT2D eigenvalue weighted by atomic mass is 10.1. The van der Waals surface area contributed by atoms with Crippen molar-refractivity contribution in [1.82, 2.24) is 9.55 Å². The van der Waals surface area contributed by atoms with Crippen LogP contribution in [0.4, 0.5) is 5.82 Å². The Morgan fingerprint density at radius 3 is 2.88 bits per heavy atom. The molecule has 1 atom stereocenters. The third-order valence-corrected chi connectivity index (χ3v) is 3.83. The molecule has 0 fully saturated rings. The second-order valence-corrected chi connectivity index (χ2v) is 5.56. The summed E-state index contributed by atoms with van der Waals surface area (Å²) >= 11 is 0. The van der Waals surface area contributed by atoms with Crippen LogP contribution in [0.15, 0.2) is 30.5 Å². The normalized spacial score (nSPS) is 16.0. The van der Waals surface area contributed by atoms with E-state index in [2.05, 4.69) is 9.72 Å². The standard InChI is InChI=1S/C16H17N3O6/c1-23-15(20)12-4-2-11(3-5-12)9-24-10-13-6-7-18-8-14(19(21)22)17-16(18)25-13/h2-5,8,13H,6-7,9-10H2,1H3/t13-/m1/s1. The number of hydrogen-bond donors (Lipinski definition) is 0. The van der Waals surface area contributed by atoms with Gasteiger partial charge in [0.15, 0.2) is 0 Å². The number of hydrogen-bond acceptors (Lipinski definition) is 7. The van der Waals surface area contributed by atoms with Gasteiger partial charge in [-0.2, -0.15) is 0 Å². The van der Waals surface area contributed by atoms with Gasteiger partial charge in [-0.15, -0.1) is 0 Å². The summed E-state index contributed by atoms with van der Waals surface area (Å²) in [6.07, 6.45) is 1.85. The van der Waals surface area contributed by atoms with Crippen molar-refractivity contribution >= 4 is 11.8 Å². The molecule has 0 saturated carbocycles. The number of carbonyl (C=O) groups excluding carboxylic acids is 1. The number of fused-ring (bicyclic) bond motifs is 1. The van der Waals surface area contributed by atoms with Crippen LogP contribution in [0.3, 0.4) is 0 Å². The van der Waals surface area contributed by atoms with Crippen LogP contribution in [0.2, 0.25) is 0 Å². The van der Waals surface area contributed by atoms with Crippen molar-refractivity contribution in [3.8, 4) is 6.01 Å². The molecule has 0 spiro atoms. The Labute approximate surface area is 143 Å². The molecule has 3 rings (SSSR count). The number of esters is 1. The molecule has 9 nitrogen and oxygen atoms in total. The number of methoxy groups -OCH3 is 1. The maximum atomic E-state index is 11.4. The van der Waals surface area contributed by atoms with Crippen molar-refractivity contribution in [2.24, 2.45) is 0 Å². The minimum atomic E-state index is -0.543. The number of nitrogens with zero attached hydrogens (tertiary/aromatic N) is 3. The monoisotopic (exact) mass is 347 g/mol. The molecule has 2 aromatic rings. The average molecular weight is 347 g/mol. The highest BCUT2D eigenvalue weighted by molar-refractivity contribution is 5.89. The van der Waals surface area contributed by atoms with Crippen molar-refractivity contribution in [2.75, 3.05) is 13.7 Å². The number of aromatic nitrogens is 2. The fraction of sp³-hybridized carbons (Fsp3) is 0.375. The van der Waals surface area contributed by atoms with Crippen molar-refractivity contribution in [3.63, 3.8) is 0 Å². The van der Waals surface area contributed by atoms with Crippen molar-refractivity contribution < 1.29 is 23.9 Å². The molecular formula is C16H17N3O6. The predicted molar refractivity (Wildman–Crippen MR) is 85.4 cm³/mol. The Balaban J connectivity index is 1.49. The minimum absolute atomic E-state index is 0.205. The molecule has 2 heterocycles. The van der Waals surface area contributed by atoms with Gasteiger partial charge < -0.3 is 24.3 Å². The lowest BCUT2D eigenvalue weighted by Gasteiger charge is -2.21. The van der Waals surface area contributed by atoms with Gasteiger partial charge in [-0.05, 0) is 22.6 Å². The number of aryl methyl sites for hydroxylation is 1. The molecule has 132 valence electrons. The molecular weight excluding hydrogens is 330 g/mol. The molecule has 25 heavy (non-hydrogen) atoms. The third kappa shape index (κ3) is 3.94. The molecule has 0 unspecified atom stereocenters. The van der Waals surface area contributed by atoms with Crippen LogP contribution >= 0.6 is 0 Å². The fourth-order valence-corrected chi connectivity index (χ4v) is 2.50. The van der Waals surface area contributed by atoms with E-state index in [9.17, 15) is 14.9 Å². The summed E-state index contributed by atoms with van der Waals surface area (Å²) in [5.74, 6) is -0.602. The van der Waals surface area contributed by atoms with Crippen LogP contribution in [0.25, 0.3) is 0 Å². The van der Waals surface area contributed by atoms with Gasteiger partial charge in [-0.3, -0.25) is 4.57 Å². The van der Waals surface area contributed by atoms with E-state index in [4.69, 9.17) is 9.47 Å². The Bertz CT molecular complexity index is 771. The first-order chi connectivity index (χ1) is 12.1. The molecule has 1 aromatic carbocycles. The Morgan fingerprint density at radius 2 is 2.20 bits per heavy atom. The minimum Gasteiger partial charge on any atom is -0.465 e. The summed E-state index contributed by atoms with van der Waals surface area (Å²) in [7, 11) is 1.34. The number of carbonyl (C=O) groups is 1. The van der Waals surface area contributed by atoms with Crippen LogP contribution in [0, 0.1) is 10.1 Å². The highest BCUT2D eigenvalue weighted by Gasteiger charge is 2.28. The molecule has 9 heteroatoms. The van der Waals surface area contributed by atoms with Gasteiger partial charge in [0.05, 0.1) is 25.9 Å². The molecule has 1 aliphatic rings. The molecule has 0 aliphatic carbocycles. The van der Waals surface area contributed by atoms with Gasteiger partial charge in [-0.25, -0.2) is 4.79 Å². The SMILES string of the molecule is COC(=O)c1ccc(COC[C@H]2CCn3cc([N+](=O)[O-])nc3O2)cc1. The number of rotatable bonds is 6.